The summed E-state index contributed by atoms with van der Waals surface area (Å²) in [5, 5.41) is 12.5. The second-order valence-corrected chi connectivity index (χ2v) is 36.7. The fraction of sp³-hybridized carbons (Fsp3) is 0.450. The van der Waals surface area contributed by atoms with Crippen molar-refractivity contribution in [3.63, 3.8) is 0 Å². The van der Waals surface area contributed by atoms with Crippen LogP contribution in [-0.2, 0) is 30.9 Å². The first kappa shape index (κ1) is 91.7. The number of esters is 1. The Balaban J connectivity index is 0.000000167. The number of rotatable bonds is 21. The number of hydrogen-bond donors (Lipinski definition) is 1. The van der Waals surface area contributed by atoms with Crippen molar-refractivity contribution in [1.29, 1.82) is 0 Å². The number of nitrogens with zero attached hydrogens (tertiary/aromatic N) is 6. The number of anilines is 1. The number of methoxy groups -OCH3 is 1. The Morgan fingerprint density at radius 1 is 0.564 bits per heavy atom. The molecule has 0 spiro atoms. The smallest absolute Gasteiger partial charge is 0.308 e. The van der Waals surface area contributed by atoms with Crippen molar-refractivity contribution >= 4 is 43.7 Å². The summed E-state index contributed by atoms with van der Waals surface area (Å²) < 4.78 is 92.2. The molecule has 626 valence electrons. The topological polar surface area (TPSA) is 150 Å². The number of sulfonamides is 1. The molecule has 3 aliphatic carbocycles. The highest BCUT2D eigenvalue weighted by molar-refractivity contribution is 7.92. The van der Waals surface area contributed by atoms with Gasteiger partial charge in [0.2, 0.25) is 16.0 Å². The monoisotopic (exact) mass is 1610 g/mol. The number of allylic oxidation sites excluding steroid dienone is 2. The molecule has 2 unspecified atom stereocenters. The SMILES string of the molecule is CC(C)c1c(-c2ccc(F)cc2)c2ccccc2n1C(C)C.CC(C)c1c(C2CC2)nc2ccccc2c1-c1ccc(F)cc1.CC(C)c1nc(N(C)S(C)(=O)=O)nc(-c2ccc(F)cc2)c1C(C)C.CC[C@H](C)C(=O)OC1C[C@H](O)C=C2C=C[C@@H](C)[C@H](C(C)C)C21.COCc1c(C(C)C)nc(C(C)C)c(C(C)C)c1-c1ccc(F)cc1. The molecule has 1 N–H and O–H groups in total. The van der Waals surface area contributed by atoms with E-state index in [0.717, 1.165) is 83.9 Å². The van der Waals surface area contributed by atoms with E-state index in [-0.39, 0.29) is 65.0 Å². The van der Waals surface area contributed by atoms with Gasteiger partial charge in [-0.25, -0.2) is 40.3 Å². The van der Waals surface area contributed by atoms with Crippen molar-refractivity contribution in [2.45, 2.75) is 243 Å². The van der Waals surface area contributed by atoms with Crippen LogP contribution in [0.1, 0.15) is 275 Å². The molecule has 13 rings (SSSR count). The average molecular weight is 1620 g/mol. The van der Waals surface area contributed by atoms with Crippen LogP contribution in [0.4, 0.5) is 23.5 Å². The number of aromatic nitrogens is 5. The molecule has 3 aliphatic rings. The Labute approximate surface area is 695 Å². The summed E-state index contributed by atoms with van der Waals surface area (Å²) in [6.45, 7) is 45.6. The molecule has 6 aromatic carbocycles. The van der Waals surface area contributed by atoms with Gasteiger partial charge in [0.25, 0.3) is 0 Å². The second-order valence-electron chi connectivity index (χ2n) is 34.7. The molecule has 1 fully saturated rings. The first-order chi connectivity index (χ1) is 55.3. The summed E-state index contributed by atoms with van der Waals surface area (Å²) in [5.74, 6) is 3.13. The van der Waals surface area contributed by atoms with Crippen LogP contribution in [0.25, 0.3) is 66.4 Å². The first-order valence-electron chi connectivity index (χ1n) is 42.1. The Morgan fingerprint density at radius 3 is 1.50 bits per heavy atom. The fourth-order valence-corrected chi connectivity index (χ4v) is 17.1. The summed E-state index contributed by atoms with van der Waals surface area (Å²) in [4.78, 5) is 31.3. The van der Waals surface area contributed by atoms with Crippen LogP contribution in [0.5, 0.6) is 0 Å². The number of carbonyl (C=O) groups is 1. The highest BCUT2D eigenvalue weighted by Crippen LogP contribution is 2.49. The second kappa shape index (κ2) is 40.1. The Bertz CT molecular complexity index is 5200. The summed E-state index contributed by atoms with van der Waals surface area (Å²) >= 11 is 0. The van der Waals surface area contributed by atoms with Gasteiger partial charge in [-0.1, -0.05) is 223 Å². The zero-order valence-corrected chi connectivity index (χ0v) is 74.3. The number of ether oxygens (including phenoxy) is 2. The van der Waals surface area contributed by atoms with Crippen LogP contribution in [-0.4, -0.2) is 76.6 Å². The van der Waals surface area contributed by atoms with Crippen molar-refractivity contribution in [3.05, 3.63) is 243 Å². The van der Waals surface area contributed by atoms with Gasteiger partial charge in [-0.05, 0) is 210 Å². The zero-order chi connectivity index (χ0) is 85.9. The Kier molecular flexibility index (Phi) is 31.4. The minimum absolute atomic E-state index is 0.0828. The van der Waals surface area contributed by atoms with Gasteiger partial charge >= 0.3 is 5.97 Å². The van der Waals surface area contributed by atoms with Crippen molar-refractivity contribution in [1.82, 2.24) is 24.5 Å². The van der Waals surface area contributed by atoms with Gasteiger partial charge < -0.3 is 19.1 Å². The molecular formula is C100H126F4N6O6S. The number of halogens is 4. The van der Waals surface area contributed by atoms with Crippen molar-refractivity contribution in [3.8, 4) is 44.6 Å². The van der Waals surface area contributed by atoms with Gasteiger partial charge in [-0.15, -0.1) is 0 Å². The molecule has 1 saturated carbocycles. The molecule has 17 heteroatoms. The molecule has 117 heavy (non-hydrogen) atoms. The number of aliphatic hydroxyl groups is 1. The van der Waals surface area contributed by atoms with Gasteiger partial charge in [0, 0.05) is 99.8 Å². The molecule has 0 aliphatic heterocycles. The lowest BCUT2D eigenvalue weighted by molar-refractivity contribution is -0.159. The number of pyridine rings is 2. The maximum absolute atomic E-state index is 13.5. The summed E-state index contributed by atoms with van der Waals surface area (Å²) in [5.41, 5.74) is 21.9. The average Bonchev–Trinajstić information content (AvgIpc) is 1.71. The number of benzene rings is 6. The molecule has 4 heterocycles. The van der Waals surface area contributed by atoms with Crippen LogP contribution < -0.4 is 4.31 Å². The molecular weight excluding hydrogens is 1490 g/mol. The Hall–Kier alpha value is -9.16. The maximum Gasteiger partial charge on any atom is 0.308 e. The van der Waals surface area contributed by atoms with Crippen LogP contribution in [0, 0.1) is 52.9 Å². The number of carbonyl (C=O) groups excluding carboxylic acids is 1. The van der Waals surface area contributed by atoms with E-state index in [0.29, 0.717) is 78.0 Å². The van der Waals surface area contributed by atoms with E-state index < -0.39 is 16.1 Å². The number of aliphatic hydroxyl groups excluding tert-OH is 1. The highest BCUT2D eigenvalue weighted by Gasteiger charge is 2.44. The van der Waals surface area contributed by atoms with Crippen molar-refractivity contribution < 1.29 is 45.4 Å². The van der Waals surface area contributed by atoms with Gasteiger partial charge in [0.15, 0.2) is 0 Å². The van der Waals surface area contributed by atoms with E-state index in [4.69, 9.17) is 19.4 Å². The van der Waals surface area contributed by atoms with E-state index in [2.05, 4.69) is 173 Å². The quantitative estimate of drug-likeness (QED) is 0.0544. The largest absolute Gasteiger partial charge is 0.461 e. The normalized spacial score (nSPS) is 16.9. The molecule has 6 atom stereocenters. The van der Waals surface area contributed by atoms with E-state index in [9.17, 15) is 35.9 Å². The minimum atomic E-state index is -3.49. The van der Waals surface area contributed by atoms with E-state index >= 15 is 0 Å². The standard InChI is InChI=1S/C22H30FNO.C21H20FN.C20H22FN.C19H30O3.C18H24FN3O2S/c1-13(2)19-20(16-8-10-17(23)11-9-16)18(12-25-7)21(14(3)4)24-22(19)15(5)6;1-13(2)19-20(14-9-11-16(22)12-10-14)17-5-3-4-6-18(17)23-21(19)15-7-8-15;1-13(2)20-19(15-9-11-16(21)12-10-15)17-7-5-6-8-18(17)22(20)14(3)4;1-6-12(4)19(21)22-16-10-15(20)9-14-8-7-13(5)17(11(2)3)18(14)16;1-11(2)15-16(12(3)4)20-18(22(5)25(6,23)24)21-17(15)13-7-9-14(19)10-8-13/h8-11,13-15H,12H2,1-7H3;3-6,9-13,15H,7-8H2,1-2H3;5-14H,1-4H3;7-9,11-13,15-18,20H,6,10H2,1-5H3;7-12H,1-6H3/t;;;12-,13+,15+,16?,17-,18?;/m...0./s1. The van der Waals surface area contributed by atoms with E-state index in [1.165, 1.54) is 94.3 Å². The lowest BCUT2D eigenvalue weighted by Gasteiger charge is -2.44. The maximum atomic E-state index is 13.5. The predicted octanol–water partition coefficient (Wildman–Crippen LogP) is 26.3. The lowest BCUT2D eigenvalue weighted by atomic mass is 9.64. The first-order valence-corrected chi connectivity index (χ1v) is 43.9. The van der Waals surface area contributed by atoms with Gasteiger partial charge in [0.1, 0.15) is 29.4 Å². The van der Waals surface area contributed by atoms with Crippen LogP contribution in [0.2, 0.25) is 0 Å². The molecule has 4 aromatic heterocycles. The Morgan fingerprint density at radius 2 is 1.04 bits per heavy atom. The summed E-state index contributed by atoms with van der Waals surface area (Å²) in [7, 11) is -0.348. The van der Waals surface area contributed by atoms with E-state index in [1.54, 1.807) is 43.5 Å². The summed E-state index contributed by atoms with van der Waals surface area (Å²) in [6, 6.07) is 43.7. The summed E-state index contributed by atoms with van der Waals surface area (Å²) in [6.07, 6.45) is 10.4. The number of para-hydroxylation sites is 2. The van der Waals surface area contributed by atoms with Gasteiger partial charge in [-0.2, -0.15) is 0 Å². The van der Waals surface area contributed by atoms with Gasteiger partial charge in [-0.3, -0.25) is 14.8 Å². The van der Waals surface area contributed by atoms with E-state index in [1.807, 2.05) is 90.1 Å². The van der Waals surface area contributed by atoms with Crippen LogP contribution >= 0.6 is 0 Å². The highest BCUT2D eigenvalue weighted by atomic mass is 32.2. The molecule has 10 aromatic rings. The minimum Gasteiger partial charge on any atom is -0.461 e. The number of hydrogen-bond acceptors (Lipinski definition) is 10. The molecule has 0 amide bonds. The predicted molar refractivity (Wildman–Crippen MR) is 475 cm³/mol. The molecule has 0 bridgehead atoms. The van der Waals surface area contributed by atoms with Crippen molar-refractivity contribution in [2.24, 2.45) is 29.6 Å². The van der Waals surface area contributed by atoms with Crippen molar-refractivity contribution in [2.75, 3.05) is 24.7 Å². The molecule has 0 radical (unpaired) electrons. The van der Waals surface area contributed by atoms with Gasteiger partial charge in [0.05, 0.1) is 41.8 Å². The number of fused-ring (bicyclic) bond motifs is 3. The fourth-order valence-electron chi connectivity index (χ4n) is 16.7. The van der Waals surface area contributed by atoms with Crippen LogP contribution in [0.15, 0.2) is 169 Å². The molecule has 12 nitrogen and oxygen atoms in total. The zero-order valence-electron chi connectivity index (χ0n) is 73.5. The lowest BCUT2D eigenvalue weighted by Crippen LogP contribution is -2.44. The molecule has 0 saturated heterocycles. The van der Waals surface area contributed by atoms with Crippen LogP contribution in [0.3, 0.4) is 0 Å². The third kappa shape index (κ3) is 21.8. The third-order valence-electron chi connectivity index (χ3n) is 22.6. The third-order valence-corrected chi connectivity index (χ3v) is 23.7.